The molecule has 0 fully saturated rings. The van der Waals surface area contributed by atoms with Crippen molar-refractivity contribution in [3.05, 3.63) is 107 Å². The third-order valence-corrected chi connectivity index (χ3v) is 13.5. The van der Waals surface area contributed by atoms with E-state index in [1.165, 1.54) is 13.8 Å². The number of hydrogen-bond donors (Lipinski definition) is 20. The summed E-state index contributed by atoms with van der Waals surface area (Å²) in [4.78, 5) is 158. The first kappa shape index (κ1) is 67.8. The maximum absolute atomic E-state index is 14.5. The van der Waals surface area contributed by atoms with E-state index in [0.717, 1.165) is 9.80 Å². The molecule has 87 heavy (non-hydrogen) atoms. The van der Waals surface area contributed by atoms with Crippen molar-refractivity contribution in [3.63, 3.8) is 0 Å². The topological polar surface area (TPSA) is 525 Å². The van der Waals surface area contributed by atoms with E-state index < -0.39 is 153 Å². The number of amides is 4. The number of rotatable bonds is 37. The van der Waals surface area contributed by atoms with Crippen LogP contribution in [0.2, 0.25) is 0 Å². The van der Waals surface area contributed by atoms with Crippen molar-refractivity contribution in [2.24, 2.45) is 0 Å². The Labute approximate surface area is 492 Å². The molecule has 0 radical (unpaired) electrons. The lowest BCUT2D eigenvalue weighted by Gasteiger charge is -2.42. The quantitative estimate of drug-likeness (QED) is 0.0137. The zero-order valence-electron chi connectivity index (χ0n) is 46.6. The van der Waals surface area contributed by atoms with Crippen LogP contribution in [0.3, 0.4) is 0 Å². The van der Waals surface area contributed by atoms with Gasteiger partial charge in [-0.15, -0.1) is 0 Å². The normalized spacial score (nSPS) is 12.7. The van der Waals surface area contributed by atoms with Crippen molar-refractivity contribution in [1.29, 1.82) is 0 Å². The molecule has 0 saturated heterocycles. The van der Waals surface area contributed by atoms with Crippen molar-refractivity contribution < 1.29 is 98.4 Å². The summed E-state index contributed by atoms with van der Waals surface area (Å²) in [7, 11) is 0. The molecule has 0 saturated carbocycles. The van der Waals surface area contributed by atoms with Gasteiger partial charge in [-0.25, -0.2) is 0 Å². The van der Waals surface area contributed by atoms with Gasteiger partial charge in [-0.05, 0) is 44.5 Å². The Kier molecular flexibility index (Phi) is 24.4. The number of carboxylic acids is 8. The zero-order valence-corrected chi connectivity index (χ0v) is 46.6. The largest absolute Gasteiger partial charge is 0.480 e. The van der Waals surface area contributed by atoms with Crippen molar-refractivity contribution in [3.8, 4) is 0 Å². The number of carbonyl (C=O) groups is 12. The van der Waals surface area contributed by atoms with E-state index in [1.54, 1.807) is 78.9 Å². The number of H-pyrrole nitrogens is 2. The third-order valence-electron chi connectivity index (χ3n) is 13.5. The lowest BCUT2D eigenvalue weighted by Crippen LogP contribution is -2.70. The van der Waals surface area contributed by atoms with Crippen LogP contribution >= 0.6 is 0 Å². The Morgan fingerprint density at radius 2 is 0.943 bits per heavy atom. The molecule has 0 spiro atoms. The Hall–Kier alpha value is -9.94. The second-order valence-corrected chi connectivity index (χ2v) is 19.7. The average molecular weight is 1220 g/mol. The predicted octanol–water partition coefficient (Wildman–Crippen LogP) is -3.31. The van der Waals surface area contributed by atoms with Gasteiger partial charge >= 0.3 is 47.8 Å². The fourth-order valence-corrected chi connectivity index (χ4v) is 9.37. The molecule has 2 aromatic heterocycles. The molecule has 3 aromatic carbocycles. The van der Waals surface area contributed by atoms with Gasteiger partial charge in [0.2, 0.25) is 0 Å². The molecule has 468 valence electrons. The SMILES string of the molecule is CC(NCC(=O)O)(NCC(=O)O)C(NCCC(NCC(=O)NNC(=O)c1[nH]c2ccccc2c1C(c1ccccc1)c1c(C(=O)NNC(=O)CN(CCN(CC(=O)O)C(C)(NCC(=O)O)NCC(=O)O)CC(=O)O)[nH]c2ccccc12)C(=O)O)C(=O)O. The number of benzene rings is 3. The van der Waals surface area contributed by atoms with E-state index in [9.17, 15) is 98.4 Å². The van der Waals surface area contributed by atoms with Crippen molar-refractivity contribution >= 4 is 93.2 Å². The number of carbonyl (C=O) groups excluding carboxylic acids is 4. The molecule has 0 bridgehead atoms. The first-order valence-corrected chi connectivity index (χ1v) is 26.3. The number of fused-ring (bicyclic) bond motifs is 2. The smallest absolute Gasteiger partial charge is 0.324 e. The van der Waals surface area contributed by atoms with Crippen molar-refractivity contribution in [2.75, 3.05) is 72.0 Å². The van der Waals surface area contributed by atoms with E-state index in [0.29, 0.717) is 27.4 Å². The monoisotopic (exact) mass is 1220 g/mol. The fraction of sp³-hybridized carbons (Fsp3) is 0.358. The highest BCUT2D eigenvalue weighted by atomic mass is 16.4. The first-order valence-electron chi connectivity index (χ1n) is 26.3. The van der Waals surface area contributed by atoms with E-state index in [1.807, 2.05) is 0 Å². The van der Waals surface area contributed by atoms with Gasteiger partial charge in [0.25, 0.3) is 23.6 Å². The molecule has 2 heterocycles. The second kappa shape index (κ2) is 31.3. The van der Waals surface area contributed by atoms with Gasteiger partial charge in [-0.1, -0.05) is 66.7 Å². The van der Waals surface area contributed by atoms with Gasteiger partial charge in [0.05, 0.1) is 58.0 Å². The summed E-state index contributed by atoms with van der Waals surface area (Å²) in [6.45, 7) is -4.78. The standard InChI is InChI=1S/C53H66N14O20/c1-52(56-21-36(70)71,57-22-37(72)73)47(51(86)87)54-17-16-33(50(84)85)55-20-34(68)62-64-48(82)45-43(29-12-6-8-14-31(29)60-45)42(28-10-4-3-5-11-28)44-30-13-7-9-15-32(30)61-46(44)49(83)65-63-35(69)25-66(26-40(78)79)18-19-67(27-41(80)81)53(2,58-23-38(74)75)59-24-39(76)77/h3-15,33,42,47,54-61H,16-27H2,1-2H3,(H,62,68)(H,63,69)(H,64,82)(H,65,83)(H,70,71)(H,72,73)(H,74,75)(H,76,77)(H,78,79)(H,80,81)(H,84,85)(H,86,87). The first-order chi connectivity index (χ1) is 41.1. The molecular formula is C53H66N14O20. The highest BCUT2D eigenvalue weighted by Gasteiger charge is 2.40. The number of aromatic nitrogens is 2. The Morgan fingerprint density at radius 3 is 1.40 bits per heavy atom. The molecule has 3 unspecified atom stereocenters. The van der Waals surface area contributed by atoms with Gasteiger partial charge in [-0.3, -0.25) is 116 Å². The molecule has 20 N–H and O–H groups in total. The van der Waals surface area contributed by atoms with Crippen LogP contribution in [0.15, 0.2) is 78.9 Å². The Bertz CT molecular complexity index is 3320. The van der Waals surface area contributed by atoms with E-state index in [2.05, 4.69) is 63.6 Å². The summed E-state index contributed by atoms with van der Waals surface area (Å²) < 4.78 is 0. The average Bonchev–Trinajstić information content (AvgIpc) is 1.67. The maximum atomic E-state index is 14.5. The van der Waals surface area contributed by atoms with Crippen LogP contribution < -0.4 is 53.6 Å². The van der Waals surface area contributed by atoms with Crippen LogP contribution in [-0.2, 0) is 47.9 Å². The summed E-state index contributed by atoms with van der Waals surface area (Å²) in [6, 6.07) is 18.9. The summed E-state index contributed by atoms with van der Waals surface area (Å²) in [5.74, 6) is -18.0. The van der Waals surface area contributed by atoms with Gasteiger partial charge in [0.15, 0.2) is 0 Å². The molecule has 0 aliphatic carbocycles. The predicted molar refractivity (Wildman–Crippen MR) is 301 cm³/mol. The zero-order chi connectivity index (χ0) is 64.2. The number of hydrazine groups is 2. The lowest BCUT2D eigenvalue weighted by atomic mass is 9.81. The minimum Gasteiger partial charge on any atom is -0.480 e. The minimum atomic E-state index is -1.88. The molecule has 5 aromatic rings. The summed E-state index contributed by atoms with van der Waals surface area (Å²) in [5, 5.41) is 92.5. The van der Waals surface area contributed by atoms with Gasteiger partial charge in [-0.2, -0.15) is 0 Å². The minimum absolute atomic E-state index is 0.121. The number of nitrogens with zero attached hydrogens (tertiary/aromatic N) is 2. The van der Waals surface area contributed by atoms with Crippen molar-refractivity contribution in [1.82, 2.24) is 73.4 Å². The fourth-order valence-electron chi connectivity index (χ4n) is 9.37. The molecule has 34 nitrogen and oxygen atoms in total. The van der Waals surface area contributed by atoms with E-state index in [-0.39, 0.29) is 48.6 Å². The maximum Gasteiger partial charge on any atom is 0.324 e. The van der Waals surface area contributed by atoms with Gasteiger partial charge in [0.1, 0.15) is 29.3 Å². The van der Waals surface area contributed by atoms with Crippen LogP contribution in [0.4, 0.5) is 0 Å². The summed E-state index contributed by atoms with van der Waals surface area (Å²) in [6.07, 6.45) is -0.371. The van der Waals surface area contributed by atoms with Crippen LogP contribution in [0.25, 0.3) is 21.8 Å². The van der Waals surface area contributed by atoms with E-state index >= 15 is 0 Å². The lowest BCUT2D eigenvalue weighted by molar-refractivity contribution is -0.145. The van der Waals surface area contributed by atoms with Crippen molar-refractivity contribution in [2.45, 2.75) is 49.7 Å². The third kappa shape index (κ3) is 19.6. The van der Waals surface area contributed by atoms with Crippen LogP contribution in [0, 0.1) is 0 Å². The molecule has 5 rings (SSSR count). The number of para-hydroxylation sites is 2. The molecule has 4 amide bonds. The molecule has 34 heteroatoms. The van der Waals surface area contributed by atoms with Crippen LogP contribution in [-0.4, -0.2) is 228 Å². The van der Waals surface area contributed by atoms with Gasteiger partial charge < -0.3 is 56.1 Å². The van der Waals surface area contributed by atoms with Crippen LogP contribution in [0.5, 0.6) is 0 Å². The molecule has 0 aliphatic heterocycles. The molecule has 3 atom stereocenters. The summed E-state index contributed by atoms with van der Waals surface area (Å²) >= 11 is 0. The van der Waals surface area contributed by atoms with E-state index in [4.69, 9.17) is 0 Å². The van der Waals surface area contributed by atoms with Gasteiger partial charge in [0, 0.05) is 51.9 Å². The highest BCUT2D eigenvalue weighted by Crippen LogP contribution is 2.43. The number of carboxylic acid groups (broad SMARTS) is 8. The highest BCUT2D eigenvalue weighted by molar-refractivity contribution is 6.06. The number of aromatic amines is 2. The Morgan fingerprint density at radius 1 is 0.483 bits per heavy atom. The number of aliphatic carboxylic acids is 8. The summed E-state index contributed by atoms with van der Waals surface area (Å²) in [5.41, 5.74) is 8.99. The molecule has 0 aliphatic rings. The second-order valence-electron chi connectivity index (χ2n) is 19.7. The van der Waals surface area contributed by atoms with Crippen LogP contribution in [0.1, 0.15) is 63.9 Å². The Balaban J connectivity index is 1.38. The number of hydrogen-bond acceptors (Lipinski definition) is 20. The number of nitrogens with one attached hydrogen (secondary N) is 12. The molecular weight excluding hydrogens is 1150 g/mol.